The molecule has 4 rings (SSSR count). The molecule has 3 aromatic rings. The normalized spacial score (nSPS) is 18.2. The first-order chi connectivity index (χ1) is 11.8. The van der Waals surface area contributed by atoms with Gasteiger partial charge in [-0.2, -0.15) is 0 Å². The highest BCUT2D eigenvalue weighted by molar-refractivity contribution is 7.08. The topological polar surface area (TPSA) is 74.8 Å². The summed E-state index contributed by atoms with van der Waals surface area (Å²) in [5, 5.41) is 4.06. The molecule has 0 unspecified atom stereocenters. The SMILES string of the molecule is CCc1nnsc1C(=O)N1CCC[C@@H](c2nc3ccccc3[nH]2)C1. The standard InChI is InChI=1S/C17H19N5OS/c1-2-12-15(24-21-20-12)17(23)22-9-5-6-11(10-22)16-18-13-7-3-4-8-14(13)19-16/h3-4,7-8,11H,2,5-6,9-10H2,1H3,(H,18,19)/t11-/m1/s1. The number of piperidine rings is 1. The molecule has 0 bridgehead atoms. The van der Waals surface area contributed by atoms with Crippen molar-refractivity contribution in [2.75, 3.05) is 13.1 Å². The summed E-state index contributed by atoms with van der Waals surface area (Å²) in [5.74, 6) is 1.29. The van der Waals surface area contributed by atoms with Crippen molar-refractivity contribution in [1.29, 1.82) is 0 Å². The van der Waals surface area contributed by atoms with Crippen molar-refractivity contribution in [3.05, 3.63) is 40.7 Å². The second-order valence-electron chi connectivity index (χ2n) is 6.13. The summed E-state index contributed by atoms with van der Waals surface area (Å²) >= 11 is 1.20. The van der Waals surface area contributed by atoms with Crippen molar-refractivity contribution in [1.82, 2.24) is 24.5 Å². The van der Waals surface area contributed by atoms with Crippen molar-refractivity contribution >= 4 is 28.5 Å². The third kappa shape index (κ3) is 2.69. The molecule has 1 fully saturated rings. The zero-order valence-electron chi connectivity index (χ0n) is 13.5. The molecule has 1 N–H and O–H groups in total. The first kappa shape index (κ1) is 15.3. The maximum Gasteiger partial charge on any atom is 0.267 e. The monoisotopic (exact) mass is 341 g/mol. The molecule has 0 radical (unpaired) electrons. The Morgan fingerprint density at radius 3 is 3.12 bits per heavy atom. The molecule has 0 saturated carbocycles. The number of carbonyl (C=O) groups is 1. The highest BCUT2D eigenvalue weighted by atomic mass is 32.1. The van der Waals surface area contributed by atoms with Crippen LogP contribution in [0.5, 0.6) is 0 Å². The van der Waals surface area contributed by atoms with E-state index in [0.29, 0.717) is 11.4 Å². The third-order valence-corrected chi connectivity index (χ3v) is 5.34. The number of likely N-dealkylation sites (tertiary alicyclic amines) is 1. The van der Waals surface area contributed by atoms with E-state index in [1.54, 1.807) is 0 Å². The van der Waals surface area contributed by atoms with Crippen molar-refractivity contribution < 1.29 is 4.79 Å². The van der Waals surface area contributed by atoms with E-state index in [-0.39, 0.29) is 11.8 Å². The second-order valence-corrected chi connectivity index (χ2v) is 6.89. The Labute approximate surface area is 144 Å². The van der Waals surface area contributed by atoms with Gasteiger partial charge in [0.1, 0.15) is 10.7 Å². The van der Waals surface area contributed by atoms with Gasteiger partial charge in [0, 0.05) is 19.0 Å². The molecule has 124 valence electrons. The number of fused-ring (bicyclic) bond motifs is 1. The van der Waals surface area contributed by atoms with Gasteiger partial charge in [0.15, 0.2) is 0 Å². The Morgan fingerprint density at radius 2 is 2.29 bits per heavy atom. The fourth-order valence-corrected chi connectivity index (χ4v) is 4.02. The number of aromatic nitrogens is 4. The Hall–Kier alpha value is -2.28. The lowest BCUT2D eigenvalue weighted by molar-refractivity contribution is 0.0708. The van der Waals surface area contributed by atoms with Crippen LogP contribution in [0.3, 0.4) is 0 Å². The maximum absolute atomic E-state index is 12.8. The molecule has 24 heavy (non-hydrogen) atoms. The van der Waals surface area contributed by atoms with Gasteiger partial charge >= 0.3 is 0 Å². The van der Waals surface area contributed by atoms with Gasteiger partial charge < -0.3 is 9.88 Å². The number of hydrogen-bond acceptors (Lipinski definition) is 5. The number of para-hydroxylation sites is 2. The first-order valence-corrected chi connectivity index (χ1v) is 9.08. The first-order valence-electron chi connectivity index (χ1n) is 8.31. The van der Waals surface area contributed by atoms with Crippen LogP contribution >= 0.6 is 11.5 Å². The predicted molar refractivity (Wildman–Crippen MR) is 93.3 cm³/mol. The minimum absolute atomic E-state index is 0.0580. The summed E-state index contributed by atoms with van der Waals surface area (Å²) in [7, 11) is 0. The molecule has 0 spiro atoms. The van der Waals surface area contributed by atoms with Crippen LogP contribution in [0.2, 0.25) is 0 Å². The van der Waals surface area contributed by atoms with Crippen LogP contribution in [0.4, 0.5) is 0 Å². The summed E-state index contributed by atoms with van der Waals surface area (Å²) in [6.07, 6.45) is 2.77. The summed E-state index contributed by atoms with van der Waals surface area (Å²) in [5.41, 5.74) is 2.84. The molecule has 1 saturated heterocycles. The molecular weight excluding hydrogens is 322 g/mol. The van der Waals surface area contributed by atoms with Gasteiger partial charge in [-0.1, -0.05) is 23.5 Å². The van der Waals surface area contributed by atoms with Crippen molar-refractivity contribution in [2.45, 2.75) is 32.1 Å². The number of nitrogens with one attached hydrogen (secondary N) is 1. The minimum Gasteiger partial charge on any atom is -0.342 e. The predicted octanol–water partition coefficient (Wildman–Crippen LogP) is 3.00. The molecule has 1 aliphatic heterocycles. The zero-order valence-corrected chi connectivity index (χ0v) is 14.3. The van der Waals surface area contributed by atoms with E-state index < -0.39 is 0 Å². The Kier molecular flexibility index (Phi) is 4.02. The maximum atomic E-state index is 12.8. The molecule has 1 aromatic carbocycles. The van der Waals surface area contributed by atoms with Crippen molar-refractivity contribution in [3.63, 3.8) is 0 Å². The Morgan fingerprint density at radius 1 is 1.42 bits per heavy atom. The number of H-pyrrole nitrogens is 1. The number of rotatable bonds is 3. The second kappa shape index (κ2) is 6.32. The average molecular weight is 341 g/mol. The van der Waals surface area contributed by atoms with Crippen LogP contribution in [0, 0.1) is 0 Å². The molecule has 1 aliphatic rings. The number of benzene rings is 1. The molecule has 2 aromatic heterocycles. The molecular formula is C17H19N5OS. The lowest BCUT2D eigenvalue weighted by Gasteiger charge is -2.31. The van der Waals surface area contributed by atoms with E-state index in [0.717, 1.165) is 48.4 Å². The van der Waals surface area contributed by atoms with Crippen molar-refractivity contribution in [3.8, 4) is 0 Å². The van der Waals surface area contributed by atoms with Gasteiger partial charge in [-0.15, -0.1) is 5.10 Å². The number of carbonyl (C=O) groups excluding carboxylic acids is 1. The van der Waals surface area contributed by atoms with Gasteiger partial charge in [0.05, 0.1) is 16.7 Å². The number of aromatic amines is 1. The number of nitrogens with zero attached hydrogens (tertiary/aromatic N) is 4. The van der Waals surface area contributed by atoms with Crippen LogP contribution in [-0.2, 0) is 6.42 Å². The smallest absolute Gasteiger partial charge is 0.267 e. The van der Waals surface area contributed by atoms with Gasteiger partial charge in [-0.3, -0.25) is 4.79 Å². The lowest BCUT2D eigenvalue weighted by Crippen LogP contribution is -2.39. The Bertz CT molecular complexity index is 838. The molecule has 1 amide bonds. The molecule has 1 atom stereocenters. The van der Waals surface area contributed by atoms with E-state index >= 15 is 0 Å². The van der Waals surface area contributed by atoms with Crippen LogP contribution in [0.1, 0.15) is 46.9 Å². The Balaban J connectivity index is 1.56. The lowest BCUT2D eigenvalue weighted by atomic mass is 9.97. The van der Waals surface area contributed by atoms with Crippen molar-refractivity contribution in [2.24, 2.45) is 0 Å². The zero-order chi connectivity index (χ0) is 16.5. The third-order valence-electron chi connectivity index (χ3n) is 4.59. The highest BCUT2D eigenvalue weighted by Gasteiger charge is 2.29. The fourth-order valence-electron chi connectivity index (χ4n) is 3.30. The average Bonchev–Trinajstić information content (AvgIpc) is 3.27. The number of amides is 1. The highest BCUT2D eigenvalue weighted by Crippen LogP contribution is 2.28. The molecule has 6 nitrogen and oxygen atoms in total. The van der Waals surface area contributed by atoms with Crippen LogP contribution in [-0.4, -0.2) is 43.5 Å². The van der Waals surface area contributed by atoms with E-state index in [9.17, 15) is 4.79 Å². The number of aryl methyl sites for hydroxylation is 1. The fraction of sp³-hybridized carbons (Fsp3) is 0.412. The largest absolute Gasteiger partial charge is 0.342 e. The van der Waals surface area contributed by atoms with E-state index in [1.807, 2.05) is 36.1 Å². The molecule has 7 heteroatoms. The number of hydrogen-bond donors (Lipinski definition) is 1. The minimum atomic E-state index is 0.0580. The summed E-state index contributed by atoms with van der Waals surface area (Å²) in [4.78, 5) is 23.5. The van der Waals surface area contributed by atoms with E-state index in [1.165, 1.54) is 11.5 Å². The van der Waals surface area contributed by atoms with E-state index in [4.69, 9.17) is 4.98 Å². The summed E-state index contributed by atoms with van der Waals surface area (Å²) in [6, 6.07) is 8.04. The number of imidazole rings is 1. The molecule has 3 heterocycles. The summed E-state index contributed by atoms with van der Waals surface area (Å²) < 4.78 is 3.94. The van der Waals surface area contributed by atoms with Crippen LogP contribution < -0.4 is 0 Å². The summed E-state index contributed by atoms with van der Waals surface area (Å²) in [6.45, 7) is 3.48. The van der Waals surface area contributed by atoms with Crippen LogP contribution in [0.25, 0.3) is 11.0 Å². The van der Waals surface area contributed by atoms with Gasteiger partial charge in [-0.25, -0.2) is 4.98 Å². The van der Waals surface area contributed by atoms with E-state index in [2.05, 4.69) is 14.6 Å². The van der Waals surface area contributed by atoms with Gasteiger partial charge in [0.25, 0.3) is 5.91 Å². The van der Waals surface area contributed by atoms with Crippen LogP contribution in [0.15, 0.2) is 24.3 Å². The molecule has 0 aliphatic carbocycles. The quantitative estimate of drug-likeness (QED) is 0.795. The van der Waals surface area contributed by atoms with Gasteiger partial charge in [-0.05, 0) is 42.9 Å². The van der Waals surface area contributed by atoms with Gasteiger partial charge in [0.2, 0.25) is 0 Å².